The third-order valence-corrected chi connectivity index (χ3v) is 4.08. The number of nitrogens with zero attached hydrogens (tertiary/aromatic N) is 3. The van der Waals surface area contributed by atoms with Crippen LogP contribution < -0.4 is 10.1 Å². The Balaban J connectivity index is 1.92. The first-order valence-electron chi connectivity index (χ1n) is 9.02. The number of halogens is 4. The first-order chi connectivity index (χ1) is 14.8. The van der Waals surface area contributed by atoms with Crippen molar-refractivity contribution in [1.82, 2.24) is 14.8 Å². The van der Waals surface area contributed by atoms with Gasteiger partial charge in [0, 0.05) is 5.88 Å². The number of para-hydroxylation sites is 2. The van der Waals surface area contributed by atoms with Gasteiger partial charge in [-0.1, -0.05) is 30.3 Å². The molecule has 1 heterocycles. The Labute approximate surface area is 179 Å². The van der Waals surface area contributed by atoms with E-state index in [1.165, 1.54) is 12.1 Å². The van der Waals surface area contributed by atoms with Gasteiger partial charge in [0.25, 0.3) is 5.91 Å². The van der Waals surface area contributed by atoms with Crippen molar-refractivity contribution < 1.29 is 27.5 Å². The van der Waals surface area contributed by atoms with Gasteiger partial charge in [0.1, 0.15) is 12.2 Å². The van der Waals surface area contributed by atoms with Gasteiger partial charge in [-0.15, -0.1) is 16.7 Å². The van der Waals surface area contributed by atoms with Gasteiger partial charge >= 0.3 is 12.1 Å². The largest absolute Gasteiger partial charge is 0.426 e. The first-order valence-corrected chi connectivity index (χ1v) is 9.55. The third-order valence-electron chi connectivity index (χ3n) is 3.89. The topological polar surface area (TPSA) is 86.1 Å². The minimum atomic E-state index is -4.52. The van der Waals surface area contributed by atoms with Crippen LogP contribution in [0.5, 0.6) is 5.75 Å². The zero-order valence-electron chi connectivity index (χ0n) is 15.9. The summed E-state index contributed by atoms with van der Waals surface area (Å²) in [6, 6.07) is 14.2. The number of hydrogen-bond acceptors (Lipinski definition) is 5. The summed E-state index contributed by atoms with van der Waals surface area (Å²) in [6.45, 7) is 0. The number of carbonyl (C=O) groups is 2. The Hall–Kier alpha value is -3.40. The van der Waals surface area contributed by atoms with E-state index in [1.54, 1.807) is 42.5 Å². The van der Waals surface area contributed by atoms with Gasteiger partial charge < -0.3 is 4.74 Å². The van der Waals surface area contributed by atoms with Crippen molar-refractivity contribution in [2.45, 2.75) is 19.0 Å². The molecular weight excluding hydrogens is 437 g/mol. The SMILES string of the molecule is O=C(CCCl)Oc1ccccc1C(=O)Nc1nc(CC(F)(F)F)nn1-c1ccccc1. The fourth-order valence-electron chi connectivity index (χ4n) is 2.60. The Bertz CT molecular complexity index is 1070. The molecule has 162 valence electrons. The lowest BCUT2D eigenvalue weighted by Gasteiger charge is -2.10. The second-order valence-electron chi connectivity index (χ2n) is 6.25. The van der Waals surface area contributed by atoms with Crippen LogP contribution in [0.1, 0.15) is 22.6 Å². The van der Waals surface area contributed by atoms with Crippen LogP contribution in [-0.4, -0.2) is 38.7 Å². The maximum absolute atomic E-state index is 12.8. The van der Waals surface area contributed by atoms with Crippen LogP contribution in [0.4, 0.5) is 19.1 Å². The van der Waals surface area contributed by atoms with Gasteiger partial charge in [-0.05, 0) is 24.3 Å². The van der Waals surface area contributed by atoms with Crippen molar-refractivity contribution in [1.29, 1.82) is 0 Å². The summed E-state index contributed by atoms with van der Waals surface area (Å²) < 4.78 is 44.7. The van der Waals surface area contributed by atoms with E-state index < -0.39 is 30.3 Å². The lowest BCUT2D eigenvalue weighted by molar-refractivity contribution is -0.134. The minimum absolute atomic E-state index is 0.00888. The number of amides is 1. The highest BCUT2D eigenvalue weighted by atomic mass is 35.5. The maximum atomic E-state index is 12.8. The van der Waals surface area contributed by atoms with Crippen molar-refractivity contribution in [3.05, 3.63) is 66.0 Å². The number of aromatic nitrogens is 3. The summed E-state index contributed by atoms with van der Waals surface area (Å²) in [5, 5.41) is 6.32. The zero-order valence-corrected chi connectivity index (χ0v) is 16.7. The number of carbonyl (C=O) groups excluding carboxylic acids is 2. The number of esters is 1. The Kier molecular flexibility index (Phi) is 6.91. The monoisotopic (exact) mass is 452 g/mol. The van der Waals surface area contributed by atoms with Crippen molar-refractivity contribution in [3.8, 4) is 11.4 Å². The molecule has 0 atom stereocenters. The van der Waals surface area contributed by atoms with E-state index in [4.69, 9.17) is 16.3 Å². The molecule has 0 fully saturated rings. The van der Waals surface area contributed by atoms with Crippen LogP contribution in [0, 0.1) is 0 Å². The average Bonchev–Trinajstić information content (AvgIpc) is 3.09. The van der Waals surface area contributed by atoms with Crippen LogP contribution in [0.2, 0.25) is 0 Å². The van der Waals surface area contributed by atoms with Crippen LogP contribution >= 0.6 is 11.6 Å². The van der Waals surface area contributed by atoms with Crippen molar-refractivity contribution in [2.24, 2.45) is 0 Å². The Morgan fingerprint density at radius 1 is 1.06 bits per heavy atom. The quantitative estimate of drug-likeness (QED) is 0.330. The number of ether oxygens (including phenoxy) is 1. The molecule has 3 aromatic rings. The molecule has 0 aliphatic heterocycles. The molecule has 1 N–H and O–H groups in total. The fourth-order valence-corrected chi connectivity index (χ4v) is 2.76. The van der Waals surface area contributed by atoms with E-state index in [0.29, 0.717) is 5.69 Å². The summed E-state index contributed by atoms with van der Waals surface area (Å²) in [4.78, 5) is 28.4. The number of nitrogens with one attached hydrogen (secondary N) is 1. The first kappa shape index (κ1) is 22.3. The van der Waals surface area contributed by atoms with Gasteiger partial charge in [0.15, 0.2) is 5.82 Å². The molecule has 0 radical (unpaired) electrons. The van der Waals surface area contributed by atoms with Crippen molar-refractivity contribution >= 4 is 29.4 Å². The summed E-state index contributed by atoms with van der Waals surface area (Å²) in [5.41, 5.74) is 0.394. The zero-order chi connectivity index (χ0) is 22.4. The van der Waals surface area contributed by atoms with Crippen LogP contribution in [-0.2, 0) is 11.2 Å². The van der Waals surface area contributed by atoms with Crippen molar-refractivity contribution in [3.63, 3.8) is 0 Å². The standard InChI is InChI=1S/C20H16ClF3N4O3/c21-11-10-17(29)31-15-9-5-4-8-14(15)18(30)26-19-25-16(12-20(22,23)24)27-28(19)13-6-2-1-3-7-13/h1-9H,10-12H2,(H,25,26,27,30). The highest BCUT2D eigenvalue weighted by Crippen LogP contribution is 2.24. The van der Waals surface area contributed by atoms with Gasteiger partial charge in [-0.2, -0.15) is 22.8 Å². The molecule has 0 spiro atoms. The molecule has 0 aliphatic rings. The molecule has 1 aromatic heterocycles. The number of anilines is 1. The maximum Gasteiger partial charge on any atom is 0.396 e. The predicted molar refractivity (Wildman–Crippen MR) is 106 cm³/mol. The molecule has 31 heavy (non-hydrogen) atoms. The molecular formula is C20H16ClF3N4O3. The van der Waals surface area contributed by atoms with Crippen LogP contribution in [0.25, 0.3) is 5.69 Å². The van der Waals surface area contributed by atoms with E-state index in [1.807, 2.05) is 0 Å². The van der Waals surface area contributed by atoms with E-state index >= 15 is 0 Å². The highest BCUT2D eigenvalue weighted by Gasteiger charge is 2.31. The van der Waals surface area contributed by atoms with Gasteiger partial charge in [0.2, 0.25) is 5.95 Å². The summed E-state index contributed by atoms with van der Waals surface area (Å²) in [6.07, 6.45) is -5.93. The molecule has 0 saturated heterocycles. The molecule has 0 unspecified atom stereocenters. The number of alkyl halides is 4. The predicted octanol–water partition coefficient (Wildman–Crippen LogP) is 4.16. The van der Waals surface area contributed by atoms with E-state index in [2.05, 4.69) is 15.4 Å². The normalized spacial score (nSPS) is 11.2. The van der Waals surface area contributed by atoms with Crippen LogP contribution in [0.15, 0.2) is 54.6 Å². The Morgan fingerprint density at radius 2 is 1.74 bits per heavy atom. The molecule has 0 bridgehead atoms. The van der Waals surface area contributed by atoms with Crippen molar-refractivity contribution in [2.75, 3.05) is 11.2 Å². The van der Waals surface area contributed by atoms with Gasteiger partial charge in [-0.3, -0.25) is 14.9 Å². The smallest absolute Gasteiger partial charge is 0.396 e. The summed E-state index contributed by atoms with van der Waals surface area (Å²) in [5.74, 6) is -2.05. The molecule has 3 rings (SSSR count). The van der Waals surface area contributed by atoms with E-state index in [9.17, 15) is 22.8 Å². The van der Waals surface area contributed by atoms with E-state index in [-0.39, 0.29) is 29.6 Å². The minimum Gasteiger partial charge on any atom is -0.426 e. The van der Waals surface area contributed by atoms with Gasteiger partial charge in [-0.25, -0.2) is 0 Å². The highest BCUT2D eigenvalue weighted by molar-refractivity contribution is 6.18. The number of benzene rings is 2. The van der Waals surface area contributed by atoms with E-state index in [0.717, 1.165) is 4.68 Å². The Morgan fingerprint density at radius 3 is 2.42 bits per heavy atom. The molecule has 0 saturated carbocycles. The average molecular weight is 453 g/mol. The second kappa shape index (κ2) is 9.61. The fraction of sp³-hybridized carbons (Fsp3) is 0.200. The third kappa shape index (κ3) is 6.05. The van der Waals surface area contributed by atoms with Crippen LogP contribution in [0.3, 0.4) is 0 Å². The molecule has 0 aliphatic carbocycles. The molecule has 7 nitrogen and oxygen atoms in total. The lowest BCUT2D eigenvalue weighted by atomic mass is 10.2. The number of rotatable bonds is 7. The lowest BCUT2D eigenvalue weighted by Crippen LogP contribution is -2.18. The molecule has 1 amide bonds. The molecule has 2 aromatic carbocycles. The number of hydrogen-bond donors (Lipinski definition) is 1. The van der Waals surface area contributed by atoms with Gasteiger partial charge in [0.05, 0.1) is 17.7 Å². The summed E-state index contributed by atoms with van der Waals surface area (Å²) >= 11 is 5.52. The molecule has 11 heteroatoms. The second-order valence-corrected chi connectivity index (χ2v) is 6.63. The summed E-state index contributed by atoms with van der Waals surface area (Å²) in [7, 11) is 0.